The molecule has 0 aliphatic heterocycles. The average molecular weight is 531 g/mol. The lowest BCUT2D eigenvalue weighted by Gasteiger charge is -2.09. The first-order valence-corrected chi connectivity index (χ1v) is 12.8. The number of thioether (sulfide) groups is 1. The number of anilines is 1. The van der Waals surface area contributed by atoms with Gasteiger partial charge in [-0.15, -0.1) is 10.2 Å². The van der Waals surface area contributed by atoms with Gasteiger partial charge in [-0.3, -0.25) is 18.8 Å². The monoisotopic (exact) mass is 530 g/mol. The molecule has 0 radical (unpaired) electrons. The minimum absolute atomic E-state index is 0.0397. The Morgan fingerprint density at radius 2 is 1.82 bits per heavy atom. The predicted molar refractivity (Wildman–Crippen MR) is 145 cm³/mol. The van der Waals surface area contributed by atoms with Crippen LogP contribution in [0, 0.1) is 6.92 Å². The third-order valence-corrected chi connectivity index (χ3v) is 7.08. The smallest absolute Gasteiger partial charge is 0.295 e. The van der Waals surface area contributed by atoms with Crippen molar-refractivity contribution in [1.82, 2.24) is 24.1 Å². The van der Waals surface area contributed by atoms with E-state index in [2.05, 4.69) is 15.5 Å². The molecule has 0 atom stereocenters. The molecule has 0 spiro atoms. The molecule has 3 aromatic heterocycles. The van der Waals surface area contributed by atoms with Crippen LogP contribution in [0.3, 0.4) is 0 Å². The van der Waals surface area contributed by atoms with Crippen LogP contribution in [0.25, 0.3) is 17.1 Å². The lowest BCUT2D eigenvalue weighted by molar-refractivity contribution is -0.113. The molecular formula is C27H26N6O4S. The number of carbonyl (C=O) groups is 1. The summed E-state index contributed by atoms with van der Waals surface area (Å²) in [5.74, 6) is 1.82. The van der Waals surface area contributed by atoms with Crippen LogP contribution in [0.1, 0.15) is 11.5 Å². The van der Waals surface area contributed by atoms with Gasteiger partial charge in [0.25, 0.3) is 5.56 Å². The van der Waals surface area contributed by atoms with E-state index in [-0.39, 0.29) is 22.9 Å². The fourth-order valence-corrected chi connectivity index (χ4v) is 4.81. The Morgan fingerprint density at radius 1 is 1.05 bits per heavy atom. The second-order valence-electron chi connectivity index (χ2n) is 8.47. The lowest BCUT2D eigenvalue weighted by Crippen LogP contribution is -2.23. The van der Waals surface area contributed by atoms with Crippen molar-refractivity contribution >= 4 is 23.4 Å². The first kappa shape index (κ1) is 25.2. The summed E-state index contributed by atoms with van der Waals surface area (Å²) < 4.78 is 16.0. The molecule has 0 unspecified atom stereocenters. The van der Waals surface area contributed by atoms with E-state index in [1.54, 1.807) is 32.0 Å². The molecule has 38 heavy (non-hydrogen) atoms. The van der Waals surface area contributed by atoms with Gasteiger partial charge in [0, 0.05) is 12.6 Å². The van der Waals surface area contributed by atoms with Gasteiger partial charge in [-0.2, -0.15) is 0 Å². The Hall–Kier alpha value is -4.51. The summed E-state index contributed by atoms with van der Waals surface area (Å²) in [6, 6.07) is 20.5. The molecular weight excluding hydrogens is 504 g/mol. The fraction of sp³-hybridized carbons (Fsp3) is 0.185. The van der Waals surface area contributed by atoms with E-state index in [1.807, 2.05) is 71.3 Å². The number of hydrogen-bond donors (Lipinski definition) is 1. The second kappa shape index (κ2) is 10.9. The Labute approximate surface area is 222 Å². The van der Waals surface area contributed by atoms with E-state index in [0.29, 0.717) is 23.2 Å². The number of hydrogen-bond acceptors (Lipinski definition) is 7. The zero-order valence-corrected chi connectivity index (χ0v) is 21.9. The number of furan rings is 1. The van der Waals surface area contributed by atoms with Crippen LogP contribution in [-0.2, 0) is 18.4 Å². The van der Waals surface area contributed by atoms with Gasteiger partial charge >= 0.3 is 0 Å². The van der Waals surface area contributed by atoms with Crippen molar-refractivity contribution in [2.45, 2.75) is 18.6 Å². The number of carbonyl (C=O) groups excluding carboxylic acids is 1. The van der Waals surface area contributed by atoms with Gasteiger partial charge in [0.2, 0.25) is 5.91 Å². The van der Waals surface area contributed by atoms with Gasteiger partial charge < -0.3 is 14.5 Å². The quantitative estimate of drug-likeness (QED) is 0.286. The minimum Gasteiger partial charge on any atom is -0.497 e. The number of nitrogens with zero attached hydrogens (tertiary/aromatic N) is 5. The van der Waals surface area contributed by atoms with Gasteiger partial charge in [-0.05, 0) is 55.5 Å². The molecule has 1 N–H and O–H groups in total. The van der Waals surface area contributed by atoms with Gasteiger partial charge in [0.05, 0.1) is 37.1 Å². The SMILES string of the molecule is COc1ccc(-c2nnc(SCC(=O)Nc3c(C)n(C)n(-c4ccccc4)c3=O)n2Cc2ccco2)cc1. The topological polar surface area (TPSA) is 109 Å². The van der Waals surface area contributed by atoms with Crippen LogP contribution >= 0.6 is 11.8 Å². The van der Waals surface area contributed by atoms with Crippen molar-refractivity contribution in [1.29, 1.82) is 0 Å². The maximum atomic E-state index is 13.1. The molecule has 11 heteroatoms. The highest BCUT2D eigenvalue weighted by Gasteiger charge is 2.20. The van der Waals surface area contributed by atoms with Crippen molar-refractivity contribution in [2.75, 3.05) is 18.2 Å². The Kier molecular flexibility index (Phi) is 7.18. The molecule has 10 nitrogen and oxygen atoms in total. The number of nitrogens with one attached hydrogen (secondary N) is 1. The molecule has 194 valence electrons. The zero-order valence-electron chi connectivity index (χ0n) is 21.1. The molecule has 0 aliphatic carbocycles. The van der Waals surface area contributed by atoms with Crippen molar-refractivity contribution in [2.24, 2.45) is 7.05 Å². The molecule has 1 amide bonds. The third kappa shape index (κ3) is 5.00. The summed E-state index contributed by atoms with van der Waals surface area (Å²) >= 11 is 1.23. The number of para-hydroxylation sites is 1. The van der Waals surface area contributed by atoms with E-state index in [0.717, 1.165) is 22.8 Å². The van der Waals surface area contributed by atoms with E-state index >= 15 is 0 Å². The highest BCUT2D eigenvalue weighted by atomic mass is 32.2. The molecule has 2 aromatic carbocycles. The normalized spacial score (nSPS) is 11.0. The summed E-state index contributed by atoms with van der Waals surface area (Å²) in [4.78, 5) is 26.1. The summed E-state index contributed by atoms with van der Waals surface area (Å²) in [6.45, 7) is 2.19. The fourth-order valence-electron chi connectivity index (χ4n) is 4.07. The van der Waals surface area contributed by atoms with Gasteiger partial charge in [-0.25, -0.2) is 4.68 Å². The number of amides is 1. The Bertz CT molecular complexity index is 1600. The number of aromatic nitrogens is 5. The van der Waals surface area contributed by atoms with Crippen molar-refractivity contribution in [3.05, 3.63) is 94.8 Å². The van der Waals surface area contributed by atoms with Gasteiger partial charge in [0.1, 0.15) is 17.2 Å². The zero-order chi connectivity index (χ0) is 26.6. The highest BCUT2D eigenvalue weighted by molar-refractivity contribution is 7.99. The lowest BCUT2D eigenvalue weighted by atomic mass is 10.2. The Balaban J connectivity index is 1.36. The van der Waals surface area contributed by atoms with Crippen LogP contribution < -0.4 is 15.6 Å². The van der Waals surface area contributed by atoms with Crippen LogP contribution in [0.2, 0.25) is 0 Å². The first-order valence-electron chi connectivity index (χ1n) is 11.8. The molecule has 3 heterocycles. The van der Waals surface area contributed by atoms with E-state index in [4.69, 9.17) is 9.15 Å². The maximum Gasteiger partial charge on any atom is 0.295 e. The number of rotatable bonds is 9. The van der Waals surface area contributed by atoms with Crippen LogP contribution in [-0.4, -0.2) is 42.9 Å². The second-order valence-corrected chi connectivity index (χ2v) is 9.42. The molecule has 5 aromatic rings. The van der Waals surface area contributed by atoms with E-state index < -0.39 is 0 Å². The standard InChI is InChI=1S/C27H26N6O4S/c1-18-24(26(35)33(31(18)2)20-8-5-4-6-9-20)28-23(34)17-38-27-30-29-25(19-11-13-21(36-3)14-12-19)32(27)16-22-10-7-15-37-22/h4-15H,16-17H2,1-3H3,(H,28,34). The van der Waals surface area contributed by atoms with Crippen molar-refractivity contribution in [3.8, 4) is 22.8 Å². The van der Waals surface area contributed by atoms with Gasteiger partial charge in [0.15, 0.2) is 11.0 Å². The molecule has 5 rings (SSSR count). The third-order valence-electron chi connectivity index (χ3n) is 6.11. The van der Waals surface area contributed by atoms with Gasteiger partial charge in [-0.1, -0.05) is 30.0 Å². The minimum atomic E-state index is -0.320. The average Bonchev–Trinajstić information content (AvgIpc) is 3.65. The Morgan fingerprint density at radius 3 is 2.50 bits per heavy atom. The van der Waals surface area contributed by atoms with Crippen molar-refractivity contribution in [3.63, 3.8) is 0 Å². The van der Waals surface area contributed by atoms with E-state index in [9.17, 15) is 9.59 Å². The highest BCUT2D eigenvalue weighted by Crippen LogP contribution is 2.27. The molecule has 0 bridgehead atoms. The molecule has 0 fully saturated rings. The summed E-state index contributed by atoms with van der Waals surface area (Å²) in [6.07, 6.45) is 1.61. The molecule has 0 saturated carbocycles. The van der Waals surface area contributed by atoms with Crippen LogP contribution in [0.5, 0.6) is 5.75 Å². The predicted octanol–water partition coefficient (Wildman–Crippen LogP) is 4.12. The van der Waals surface area contributed by atoms with Crippen molar-refractivity contribution < 1.29 is 13.9 Å². The number of methoxy groups -OCH3 is 1. The number of benzene rings is 2. The van der Waals surface area contributed by atoms with Crippen LogP contribution in [0.15, 0.2) is 87.4 Å². The van der Waals surface area contributed by atoms with E-state index in [1.165, 1.54) is 16.4 Å². The largest absolute Gasteiger partial charge is 0.497 e. The summed E-state index contributed by atoms with van der Waals surface area (Å²) in [7, 11) is 3.40. The molecule has 0 aliphatic rings. The summed E-state index contributed by atoms with van der Waals surface area (Å²) in [5.41, 5.74) is 2.17. The summed E-state index contributed by atoms with van der Waals surface area (Å²) in [5, 5.41) is 12.1. The van der Waals surface area contributed by atoms with Crippen LogP contribution in [0.4, 0.5) is 5.69 Å². The first-order chi connectivity index (χ1) is 18.5. The molecule has 0 saturated heterocycles. The maximum absolute atomic E-state index is 13.1. The number of ether oxygens (including phenoxy) is 1.